The van der Waals surface area contributed by atoms with Crippen molar-refractivity contribution < 1.29 is 9.59 Å². The highest BCUT2D eigenvalue weighted by atomic mass is 16.2. The maximum absolute atomic E-state index is 12.0. The predicted molar refractivity (Wildman–Crippen MR) is 89.8 cm³/mol. The lowest BCUT2D eigenvalue weighted by Gasteiger charge is -2.17. The molecule has 122 valence electrons. The minimum absolute atomic E-state index is 0.0700. The first kappa shape index (κ1) is 18.0. The number of nitrogens with one attached hydrogen (secondary N) is 3. The Labute approximate surface area is 131 Å². The van der Waals surface area contributed by atoms with Gasteiger partial charge in [0, 0.05) is 17.4 Å². The van der Waals surface area contributed by atoms with Crippen LogP contribution in [0.4, 0.5) is 16.2 Å². The van der Waals surface area contributed by atoms with Crippen molar-refractivity contribution in [3.05, 3.63) is 24.3 Å². The van der Waals surface area contributed by atoms with Gasteiger partial charge in [0.1, 0.15) is 0 Å². The van der Waals surface area contributed by atoms with Crippen molar-refractivity contribution in [1.82, 2.24) is 5.32 Å². The molecule has 0 aliphatic carbocycles. The van der Waals surface area contributed by atoms with Crippen LogP contribution in [-0.4, -0.2) is 24.0 Å². The van der Waals surface area contributed by atoms with E-state index < -0.39 is 6.04 Å². The van der Waals surface area contributed by atoms with Crippen LogP contribution in [0.1, 0.15) is 34.1 Å². The molecule has 0 bridgehead atoms. The van der Waals surface area contributed by atoms with Gasteiger partial charge in [-0.1, -0.05) is 20.3 Å². The van der Waals surface area contributed by atoms with Gasteiger partial charge < -0.3 is 21.7 Å². The molecule has 1 aromatic carbocycles. The summed E-state index contributed by atoms with van der Waals surface area (Å²) in [7, 11) is 0. The Morgan fingerprint density at radius 2 is 1.55 bits per heavy atom. The van der Waals surface area contributed by atoms with E-state index in [0.717, 1.165) is 6.42 Å². The molecule has 2 unspecified atom stereocenters. The molecule has 6 heteroatoms. The van der Waals surface area contributed by atoms with Crippen molar-refractivity contribution in [3.8, 4) is 0 Å². The van der Waals surface area contributed by atoms with E-state index >= 15 is 0 Å². The molecule has 5 N–H and O–H groups in total. The van der Waals surface area contributed by atoms with E-state index in [4.69, 9.17) is 5.73 Å². The summed E-state index contributed by atoms with van der Waals surface area (Å²) in [6.07, 6.45) is 0.850. The lowest BCUT2D eigenvalue weighted by atomic mass is 9.99. The molecule has 0 aromatic heterocycles. The highest BCUT2D eigenvalue weighted by molar-refractivity contribution is 5.95. The maximum Gasteiger partial charge on any atom is 0.319 e. The number of carbonyl (C=O) groups is 2. The number of hydrogen-bond donors (Lipinski definition) is 4. The molecule has 0 aliphatic heterocycles. The zero-order valence-electron chi connectivity index (χ0n) is 13.6. The smallest absolute Gasteiger partial charge is 0.319 e. The number of hydrogen-bond acceptors (Lipinski definition) is 3. The molecule has 0 fully saturated rings. The summed E-state index contributed by atoms with van der Waals surface area (Å²) in [5.41, 5.74) is 7.19. The Hall–Kier alpha value is -2.08. The van der Waals surface area contributed by atoms with Crippen LogP contribution in [0.3, 0.4) is 0 Å². The topological polar surface area (TPSA) is 96.2 Å². The van der Waals surface area contributed by atoms with Crippen molar-refractivity contribution >= 4 is 23.3 Å². The highest BCUT2D eigenvalue weighted by Crippen LogP contribution is 2.15. The summed E-state index contributed by atoms with van der Waals surface area (Å²) in [5.74, 6) is -0.0757. The number of amides is 3. The van der Waals surface area contributed by atoms with Gasteiger partial charge in [-0.2, -0.15) is 0 Å². The van der Waals surface area contributed by atoms with Gasteiger partial charge in [-0.3, -0.25) is 4.79 Å². The van der Waals surface area contributed by atoms with Crippen LogP contribution in [0.2, 0.25) is 0 Å². The Morgan fingerprint density at radius 3 is 2.00 bits per heavy atom. The van der Waals surface area contributed by atoms with Crippen molar-refractivity contribution in [1.29, 1.82) is 0 Å². The third kappa shape index (κ3) is 5.73. The van der Waals surface area contributed by atoms with Gasteiger partial charge in [0.15, 0.2) is 0 Å². The molecule has 6 nitrogen and oxygen atoms in total. The molecule has 0 saturated carbocycles. The van der Waals surface area contributed by atoms with E-state index in [0.29, 0.717) is 11.4 Å². The summed E-state index contributed by atoms with van der Waals surface area (Å²) in [6.45, 7) is 7.72. The van der Waals surface area contributed by atoms with Crippen LogP contribution in [0, 0.1) is 5.92 Å². The molecule has 0 radical (unpaired) electrons. The number of benzene rings is 1. The average molecular weight is 306 g/mol. The third-order valence-electron chi connectivity index (χ3n) is 3.39. The second-order valence-electron chi connectivity index (χ2n) is 5.73. The van der Waals surface area contributed by atoms with Gasteiger partial charge in [0.25, 0.3) is 0 Å². The van der Waals surface area contributed by atoms with Gasteiger partial charge in [0.05, 0.1) is 6.04 Å². The molecule has 0 spiro atoms. The minimum atomic E-state index is -0.528. The lowest BCUT2D eigenvalue weighted by molar-refractivity contribution is -0.118. The Morgan fingerprint density at radius 1 is 1.05 bits per heavy atom. The van der Waals surface area contributed by atoms with Gasteiger partial charge in [0.2, 0.25) is 5.91 Å². The highest BCUT2D eigenvalue weighted by Gasteiger charge is 2.19. The average Bonchev–Trinajstić information content (AvgIpc) is 2.46. The van der Waals surface area contributed by atoms with E-state index in [1.807, 2.05) is 27.7 Å². The fraction of sp³-hybridized carbons (Fsp3) is 0.500. The zero-order valence-corrected chi connectivity index (χ0v) is 13.6. The first-order valence-corrected chi connectivity index (χ1v) is 7.57. The third-order valence-corrected chi connectivity index (χ3v) is 3.39. The summed E-state index contributed by atoms with van der Waals surface area (Å²) >= 11 is 0. The van der Waals surface area contributed by atoms with Crippen molar-refractivity contribution in [2.75, 3.05) is 10.6 Å². The van der Waals surface area contributed by atoms with Gasteiger partial charge in [-0.05, 0) is 44.0 Å². The van der Waals surface area contributed by atoms with Gasteiger partial charge in [-0.25, -0.2) is 4.79 Å². The van der Waals surface area contributed by atoms with Crippen LogP contribution in [0.15, 0.2) is 24.3 Å². The quantitative estimate of drug-likeness (QED) is 0.650. The predicted octanol–water partition coefficient (Wildman–Crippen LogP) is 2.53. The molecule has 2 atom stereocenters. The fourth-order valence-corrected chi connectivity index (χ4v) is 1.80. The number of urea groups is 1. The lowest BCUT2D eigenvalue weighted by Crippen LogP contribution is -2.40. The molecular formula is C16H26N4O2. The normalized spacial score (nSPS) is 13.4. The first-order valence-electron chi connectivity index (χ1n) is 7.57. The molecule has 0 heterocycles. The summed E-state index contributed by atoms with van der Waals surface area (Å²) < 4.78 is 0. The molecule has 22 heavy (non-hydrogen) atoms. The second-order valence-corrected chi connectivity index (χ2v) is 5.73. The van der Waals surface area contributed by atoms with Gasteiger partial charge >= 0.3 is 6.03 Å². The van der Waals surface area contributed by atoms with E-state index in [1.165, 1.54) is 0 Å². The molecule has 1 rings (SSSR count). The monoisotopic (exact) mass is 306 g/mol. The standard InChI is InChI=1S/C16H26N4O2/c1-5-11(4)14(17)15(21)19-12-6-8-13(9-7-12)20-16(22)18-10(2)3/h6-11,14H,5,17H2,1-4H3,(H,19,21)(H2,18,20,22). The fourth-order valence-electron chi connectivity index (χ4n) is 1.80. The van der Waals surface area contributed by atoms with Crippen LogP contribution in [-0.2, 0) is 4.79 Å². The number of carbonyl (C=O) groups excluding carboxylic acids is 2. The molecule has 0 saturated heterocycles. The van der Waals surface area contributed by atoms with Crippen LogP contribution in [0.25, 0.3) is 0 Å². The van der Waals surface area contributed by atoms with Crippen LogP contribution < -0.4 is 21.7 Å². The molecule has 0 aliphatic rings. The summed E-state index contributed by atoms with van der Waals surface area (Å²) in [6, 6.07) is 6.19. The Kier molecular flexibility index (Phi) is 6.85. The van der Waals surface area contributed by atoms with E-state index in [2.05, 4.69) is 16.0 Å². The van der Waals surface area contributed by atoms with E-state index in [9.17, 15) is 9.59 Å². The van der Waals surface area contributed by atoms with Crippen LogP contribution in [0.5, 0.6) is 0 Å². The molecule has 1 aromatic rings. The Balaban J connectivity index is 2.58. The zero-order chi connectivity index (χ0) is 16.7. The van der Waals surface area contributed by atoms with Crippen LogP contribution >= 0.6 is 0 Å². The van der Waals surface area contributed by atoms with Crippen molar-refractivity contribution in [2.45, 2.75) is 46.2 Å². The van der Waals surface area contributed by atoms with E-state index in [-0.39, 0.29) is 23.9 Å². The summed E-state index contributed by atoms with van der Waals surface area (Å²) in [4.78, 5) is 23.6. The van der Waals surface area contributed by atoms with Crippen molar-refractivity contribution in [3.63, 3.8) is 0 Å². The number of nitrogens with two attached hydrogens (primary N) is 1. The SMILES string of the molecule is CCC(C)C(N)C(=O)Nc1ccc(NC(=O)NC(C)C)cc1. The summed E-state index contributed by atoms with van der Waals surface area (Å²) in [5, 5.41) is 8.23. The minimum Gasteiger partial charge on any atom is -0.336 e. The first-order chi connectivity index (χ1) is 10.3. The largest absolute Gasteiger partial charge is 0.336 e. The number of anilines is 2. The second kappa shape index (κ2) is 8.38. The number of rotatable bonds is 6. The van der Waals surface area contributed by atoms with Gasteiger partial charge in [-0.15, -0.1) is 0 Å². The molecule has 3 amide bonds. The molecular weight excluding hydrogens is 280 g/mol. The Bertz CT molecular complexity index is 499. The van der Waals surface area contributed by atoms with E-state index in [1.54, 1.807) is 24.3 Å². The van der Waals surface area contributed by atoms with Crippen molar-refractivity contribution in [2.24, 2.45) is 11.7 Å². The maximum atomic E-state index is 12.0.